The summed E-state index contributed by atoms with van der Waals surface area (Å²) in [7, 11) is 1.40. The van der Waals surface area contributed by atoms with Crippen LogP contribution in [0.15, 0.2) is 0 Å². The molecule has 1 amide bonds. The molecular weight excluding hydrogens is 234 g/mol. The molecule has 1 saturated heterocycles. The molecule has 1 rings (SSSR count). The monoisotopic (exact) mass is 257 g/mol. The Morgan fingerprint density at radius 3 is 2.33 bits per heavy atom. The zero-order valence-corrected chi connectivity index (χ0v) is 11.9. The molecule has 5 nitrogen and oxygen atoms in total. The Labute approximate surface area is 108 Å². The van der Waals surface area contributed by atoms with Crippen LogP contribution in [0.3, 0.4) is 0 Å². The Kier molecular flexibility index (Phi) is 4.59. The van der Waals surface area contributed by atoms with E-state index < -0.39 is 5.60 Å². The Hall–Kier alpha value is -1.26. The van der Waals surface area contributed by atoms with Crippen molar-refractivity contribution in [3.63, 3.8) is 0 Å². The first-order valence-corrected chi connectivity index (χ1v) is 6.30. The maximum atomic E-state index is 11.9. The highest BCUT2D eigenvalue weighted by atomic mass is 16.6. The zero-order chi connectivity index (χ0) is 13.9. The fourth-order valence-corrected chi connectivity index (χ4v) is 2.14. The van der Waals surface area contributed by atoms with E-state index >= 15 is 0 Å². The van der Waals surface area contributed by atoms with Crippen molar-refractivity contribution < 1.29 is 19.1 Å². The van der Waals surface area contributed by atoms with Gasteiger partial charge in [-0.05, 0) is 33.1 Å². The minimum Gasteiger partial charge on any atom is -0.469 e. The Morgan fingerprint density at radius 1 is 1.28 bits per heavy atom. The molecule has 5 heteroatoms. The number of likely N-dealkylation sites (tertiary alicyclic amines) is 1. The summed E-state index contributed by atoms with van der Waals surface area (Å²) in [6.45, 7) is 8.56. The third-order valence-corrected chi connectivity index (χ3v) is 3.06. The van der Waals surface area contributed by atoms with Gasteiger partial charge in [0, 0.05) is 13.1 Å². The fraction of sp³-hybridized carbons (Fsp3) is 0.846. The second-order valence-corrected chi connectivity index (χ2v) is 5.82. The molecule has 0 bridgehead atoms. The Balaban J connectivity index is 2.55. The summed E-state index contributed by atoms with van der Waals surface area (Å²) in [6.07, 6.45) is 0.324. The second kappa shape index (κ2) is 5.59. The van der Waals surface area contributed by atoms with Gasteiger partial charge in [-0.1, -0.05) is 6.92 Å². The average molecular weight is 257 g/mol. The zero-order valence-electron chi connectivity index (χ0n) is 11.9. The first kappa shape index (κ1) is 14.8. The lowest BCUT2D eigenvalue weighted by molar-refractivity contribution is -0.149. The van der Waals surface area contributed by atoms with Crippen molar-refractivity contribution in [3.8, 4) is 0 Å². The van der Waals surface area contributed by atoms with Crippen LogP contribution < -0.4 is 0 Å². The van der Waals surface area contributed by atoms with Gasteiger partial charge in [0.05, 0.1) is 13.0 Å². The van der Waals surface area contributed by atoms with Gasteiger partial charge in [-0.2, -0.15) is 0 Å². The minimum absolute atomic E-state index is 0.0960. The van der Waals surface area contributed by atoms with Gasteiger partial charge in [0.25, 0.3) is 0 Å². The fourth-order valence-electron chi connectivity index (χ4n) is 2.14. The number of carbonyl (C=O) groups excluding carboxylic acids is 2. The molecule has 2 atom stereocenters. The van der Waals surface area contributed by atoms with Crippen LogP contribution in [0.2, 0.25) is 0 Å². The van der Waals surface area contributed by atoms with Crippen LogP contribution >= 0.6 is 0 Å². The van der Waals surface area contributed by atoms with E-state index in [1.807, 2.05) is 27.7 Å². The molecule has 0 aromatic rings. The van der Waals surface area contributed by atoms with Crippen LogP contribution in [-0.2, 0) is 14.3 Å². The van der Waals surface area contributed by atoms with E-state index in [0.29, 0.717) is 19.5 Å². The van der Waals surface area contributed by atoms with Crippen molar-refractivity contribution in [1.82, 2.24) is 4.90 Å². The Morgan fingerprint density at radius 2 is 1.89 bits per heavy atom. The Bertz CT molecular complexity index is 321. The molecule has 104 valence electrons. The van der Waals surface area contributed by atoms with Gasteiger partial charge in [-0.15, -0.1) is 0 Å². The van der Waals surface area contributed by atoms with Crippen LogP contribution in [0, 0.1) is 11.8 Å². The van der Waals surface area contributed by atoms with E-state index in [1.165, 1.54) is 7.11 Å². The predicted molar refractivity (Wildman–Crippen MR) is 67.1 cm³/mol. The summed E-state index contributed by atoms with van der Waals surface area (Å²) in [5.74, 6) is -0.209. The van der Waals surface area contributed by atoms with Gasteiger partial charge in [0.1, 0.15) is 5.60 Å². The molecule has 1 aliphatic heterocycles. The van der Waals surface area contributed by atoms with Crippen LogP contribution in [0.4, 0.5) is 4.79 Å². The lowest BCUT2D eigenvalue weighted by Gasteiger charge is -2.36. The van der Waals surface area contributed by atoms with Crippen LogP contribution in [0.5, 0.6) is 0 Å². The summed E-state index contributed by atoms with van der Waals surface area (Å²) in [4.78, 5) is 25.1. The molecule has 0 aromatic heterocycles. The molecule has 0 saturated carbocycles. The summed E-state index contributed by atoms with van der Waals surface area (Å²) < 4.78 is 10.1. The summed E-state index contributed by atoms with van der Waals surface area (Å²) in [5, 5.41) is 0. The van der Waals surface area contributed by atoms with E-state index in [-0.39, 0.29) is 23.9 Å². The summed E-state index contributed by atoms with van der Waals surface area (Å²) >= 11 is 0. The van der Waals surface area contributed by atoms with Gasteiger partial charge < -0.3 is 14.4 Å². The van der Waals surface area contributed by atoms with Crippen molar-refractivity contribution in [3.05, 3.63) is 0 Å². The highest BCUT2D eigenvalue weighted by Gasteiger charge is 2.35. The number of amides is 1. The first-order valence-electron chi connectivity index (χ1n) is 6.30. The SMILES string of the molecule is COC(=O)[C@@H]1CCN(C(=O)OC(C)(C)C)CC1C. The van der Waals surface area contributed by atoms with Crippen molar-refractivity contribution in [2.75, 3.05) is 20.2 Å². The number of carbonyl (C=O) groups is 2. The predicted octanol–water partition coefficient (Wildman–Crippen LogP) is 2.05. The van der Waals surface area contributed by atoms with Crippen LogP contribution in [0.1, 0.15) is 34.1 Å². The molecule has 18 heavy (non-hydrogen) atoms. The standard InChI is InChI=1S/C13H23NO4/c1-9-8-14(12(16)18-13(2,3)4)7-6-10(9)11(15)17-5/h9-10H,6-8H2,1-5H3/t9?,10-/m1/s1. The smallest absolute Gasteiger partial charge is 0.410 e. The van der Waals surface area contributed by atoms with Crippen molar-refractivity contribution in [2.24, 2.45) is 11.8 Å². The first-order chi connectivity index (χ1) is 8.24. The van der Waals surface area contributed by atoms with Gasteiger partial charge >= 0.3 is 12.1 Å². The third-order valence-electron chi connectivity index (χ3n) is 3.06. The summed E-state index contributed by atoms with van der Waals surface area (Å²) in [5.41, 5.74) is -0.487. The number of piperidine rings is 1. The average Bonchev–Trinajstić information content (AvgIpc) is 2.25. The number of nitrogens with zero attached hydrogens (tertiary/aromatic N) is 1. The molecule has 1 heterocycles. The van der Waals surface area contributed by atoms with Gasteiger partial charge in [-0.3, -0.25) is 4.79 Å². The van der Waals surface area contributed by atoms with Gasteiger partial charge in [0.2, 0.25) is 0 Å². The molecule has 0 spiro atoms. The van der Waals surface area contributed by atoms with Crippen molar-refractivity contribution >= 4 is 12.1 Å². The van der Waals surface area contributed by atoms with E-state index in [0.717, 1.165) is 0 Å². The molecular formula is C13H23NO4. The number of hydrogen-bond acceptors (Lipinski definition) is 4. The maximum Gasteiger partial charge on any atom is 0.410 e. The minimum atomic E-state index is -0.487. The van der Waals surface area contributed by atoms with Gasteiger partial charge in [-0.25, -0.2) is 4.79 Å². The van der Waals surface area contributed by atoms with E-state index in [1.54, 1.807) is 4.90 Å². The maximum absolute atomic E-state index is 11.9. The van der Waals surface area contributed by atoms with Crippen LogP contribution in [0.25, 0.3) is 0 Å². The topological polar surface area (TPSA) is 55.8 Å². The highest BCUT2D eigenvalue weighted by molar-refractivity contribution is 5.74. The lowest BCUT2D eigenvalue weighted by Crippen LogP contribution is -2.46. The van der Waals surface area contributed by atoms with E-state index in [2.05, 4.69) is 0 Å². The molecule has 0 radical (unpaired) electrons. The third kappa shape index (κ3) is 3.89. The number of esters is 1. The molecule has 0 aromatic carbocycles. The highest BCUT2D eigenvalue weighted by Crippen LogP contribution is 2.25. The van der Waals surface area contributed by atoms with E-state index in [4.69, 9.17) is 9.47 Å². The quantitative estimate of drug-likeness (QED) is 0.675. The number of rotatable bonds is 1. The number of ether oxygens (including phenoxy) is 2. The molecule has 1 unspecified atom stereocenters. The lowest BCUT2D eigenvalue weighted by atomic mass is 9.87. The molecule has 0 aliphatic carbocycles. The largest absolute Gasteiger partial charge is 0.469 e. The second-order valence-electron chi connectivity index (χ2n) is 5.82. The molecule has 1 fully saturated rings. The van der Waals surface area contributed by atoms with Crippen LogP contribution in [-0.4, -0.2) is 42.8 Å². The normalized spacial score (nSPS) is 24.6. The molecule has 0 N–H and O–H groups in total. The van der Waals surface area contributed by atoms with E-state index in [9.17, 15) is 9.59 Å². The number of methoxy groups -OCH3 is 1. The molecule has 1 aliphatic rings. The van der Waals surface area contributed by atoms with Crippen molar-refractivity contribution in [2.45, 2.75) is 39.7 Å². The van der Waals surface area contributed by atoms with Crippen molar-refractivity contribution in [1.29, 1.82) is 0 Å². The summed E-state index contributed by atoms with van der Waals surface area (Å²) in [6, 6.07) is 0. The number of hydrogen-bond donors (Lipinski definition) is 0. The van der Waals surface area contributed by atoms with Gasteiger partial charge in [0.15, 0.2) is 0 Å².